The normalized spacial score (nSPS) is 13.1. The quantitative estimate of drug-likeness (QED) is 0.865. The van der Waals surface area contributed by atoms with Crippen molar-refractivity contribution in [1.29, 1.82) is 0 Å². The molecule has 0 bridgehead atoms. The summed E-state index contributed by atoms with van der Waals surface area (Å²) in [4.78, 5) is 4.56. The van der Waals surface area contributed by atoms with E-state index < -0.39 is 0 Å². The Bertz CT molecular complexity index is 422. The lowest BCUT2D eigenvalue weighted by Crippen LogP contribution is -2.29. The zero-order valence-electron chi connectivity index (χ0n) is 9.56. The summed E-state index contributed by atoms with van der Waals surface area (Å²) < 4.78 is 6.32. The summed E-state index contributed by atoms with van der Waals surface area (Å²) in [6.07, 6.45) is 0. The van der Waals surface area contributed by atoms with Crippen LogP contribution in [0.15, 0.2) is 24.3 Å². The van der Waals surface area contributed by atoms with Crippen molar-refractivity contribution in [3.05, 3.63) is 29.3 Å². The van der Waals surface area contributed by atoms with Crippen molar-refractivity contribution in [2.75, 3.05) is 13.7 Å². The van der Waals surface area contributed by atoms with E-state index in [1.807, 2.05) is 18.2 Å². The van der Waals surface area contributed by atoms with Gasteiger partial charge in [-0.05, 0) is 19.1 Å². The molecule has 0 aliphatic rings. The van der Waals surface area contributed by atoms with Crippen molar-refractivity contribution in [2.24, 2.45) is 0 Å². The molecule has 0 radical (unpaired) electrons. The first kappa shape index (κ1) is 11.5. The van der Waals surface area contributed by atoms with Crippen molar-refractivity contribution in [3.63, 3.8) is 0 Å². The van der Waals surface area contributed by atoms with Gasteiger partial charge in [-0.1, -0.05) is 12.1 Å². The van der Waals surface area contributed by atoms with Gasteiger partial charge in [-0.2, -0.15) is 0 Å². The summed E-state index contributed by atoms with van der Waals surface area (Å²) in [5.41, 5.74) is 1.09. The Morgan fingerprint density at radius 1 is 1.44 bits per heavy atom. The van der Waals surface area contributed by atoms with Crippen LogP contribution in [0.2, 0.25) is 0 Å². The van der Waals surface area contributed by atoms with E-state index in [1.165, 1.54) is 4.70 Å². The smallest absolute Gasteiger partial charge is 0.108 e. The Labute approximate surface area is 99.5 Å². The number of fused-ring (bicyclic) bond motifs is 1. The van der Waals surface area contributed by atoms with Crippen LogP contribution in [0.25, 0.3) is 10.2 Å². The van der Waals surface area contributed by atoms with Gasteiger partial charge < -0.3 is 10.1 Å². The first-order chi connectivity index (χ1) is 7.79. The Morgan fingerprint density at radius 2 is 2.25 bits per heavy atom. The molecule has 2 aromatic rings. The van der Waals surface area contributed by atoms with E-state index in [-0.39, 0.29) is 0 Å². The Morgan fingerprint density at radius 3 is 3.00 bits per heavy atom. The monoisotopic (exact) mass is 236 g/mol. The van der Waals surface area contributed by atoms with E-state index in [0.29, 0.717) is 6.04 Å². The van der Waals surface area contributed by atoms with Crippen LogP contribution in [0, 0.1) is 0 Å². The van der Waals surface area contributed by atoms with E-state index in [4.69, 9.17) is 4.74 Å². The Hall–Kier alpha value is -0.970. The number of para-hydroxylation sites is 1. The predicted octanol–water partition coefficient (Wildman–Crippen LogP) is 2.42. The van der Waals surface area contributed by atoms with Gasteiger partial charge in [-0.25, -0.2) is 4.98 Å². The fraction of sp³-hybridized carbons (Fsp3) is 0.417. The van der Waals surface area contributed by atoms with E-state index in [1.54, 1.807) is 18.4 Å². The van der Waals surface area contributed by atoms with Crippen LogP contribution in [-0.2, 0) is 11.3 Å². The summed E-state index contributed by atoms with van der Waals surface area (Å²) in [6.45, 7) is 3.64. The van der Waals surface area contributed by atoms with Crippen molar-refractivity contribution in [3.8, 4) is 0 Å². The predicted molar refractivity (Wildman–Crippen MR) is 67.8 cm³/mol. The molecule has 0 saturated carbocycles. The highest BCUT2D eigenvalue weighted by atomic mass is 32.1. The maximum Gasteiger partial charge on any atom is 0.108 e. The second-order valence-electron chi connectivity index (χ2n) is 3.81. The van der Waals surface area contributed by atoms with Gasteiger partial charge in [0.15, 0.2) is 0 Å². The number of thiazole rings is 1. The molecule has 1 atom stereocenters. The minimum Gasteiger partial charge on any atom is -0.383 e. The molecule has 0 saturated heterocycles. The third-order valence-corrected chi connectivity index (χ3v) is 3.39. The zero-order valence-corrected chi connectivity index (χ0v) is 10.4. The molecule has 4 heteroatoms. The largest absolute Gasteiger partial charge is 0.383 e. The van der Waals surface area contributed by atoms with Gasteiger partial charge in [-0.15, -0.1) is 11.3 Å². The van der Waals surface area contributed by atoms with E-state index in [9.17, 15) is 0 Å². The van der Waals surface area contributed by atoms with Gasteiger partial charge in [0.05, 0.1) is 16.8 Å². The van der Waals surface area contributed by atoms with Gasteiger partial charge in [0.1, 0.15) is 5.01 Å². The summed E-state index contributed by atoms with van der Waals surface area (Å²) in [7, 11) is 1.72. The Kier molecular flexibility index (Phi) is 3.88. The zero-order chi connectivity index (χ0) is 11.4. The molecule has 1 aromatic carbocycles. The highest BCUT2D eigenvalue weighted by Gasteiger charge is 2.05. The molecular weight excluding hydrogens is 220 g/mol. The minimum atomic E-state index is 0.358. The summed E-state index contributed by atoms with van der Waals surface area (Å²) in [5.74, 6) is 0. The highest BCUT2D eigenvalue weighted by molar-refractivity contribution is 7.18. The number of hydrogen-bond donors (Lipinski definition) is 1. The third-order valence-electron chi connectivity index (χ3n) is 2.36. The number of hydrogen-bond acceptors (Lipinski definition) is 4. The standard InChI is InChI=1S/C12H16N2OS/c1-9(8-15-2)13-7-12-14-10-5-3-4-6-11(10)16-12/h3-6,9,13H,7-8H2,1-2H3. The van der Waals surface area contributed by atoms with Gasteiger partial charge in [-0.3, -0.25) is 0 Å². The molecule has 86 valence electrons. The lowest BCUT2D eigenvalue weighted by atomic mass is 10.3. The van der Waals surface area contributed by atoms with Crippen LogP contribution >= 0.6 is 11.3 Å². The summed E-state index contributed by atoms with van der Waals surface area (Å²) in [6, 6.07) is 8.58. The molecule has 0 spiro atoms. The van der Waals surface area contributed by atoms with Crippen LogP contribution in [0.4, 0.5) is 0 Å². The second-order valence-corrected chi connectivity index (χ2v) is 4.93. The average molecular weight is 236 g/mol. The van der Waals surface area contributed by atoms with Crippen LogP contribution in [-0.4, -0.2) is 24.7 Å². The fourth-order valence-corrected chi connectivity index (χ4v) is 2.48. The molecule has 3 nitrogen and oxygen atoms in total. The summed E-state index contributed by atoms with van der Waals surface area (Å²) in [5, 5.41) is 4.51. The lowest BCUT2D eigenvalue weighted by Gasteiger charge is -2.10. The maximum atomic E-state index is 5.07. The first-order valence-corrected chi connectivity index (χ1v) is 6.18. The van der Waals surface area contributed by atoms with E-state index >= 15 is 0 Å². The third kappa shape index (κ3) is 2.78. The molecule has 16 heavy (non-hydrogen) atoms. The first-order valence-electron chi connectivity index (χ1n) is 5.36. The molecule has 1 unspecified atom stereocenters. The number of nitrogens with zero attached hydrogens (tertiary/aromatic N) is 1. The average Bonchev–Trinajstić information content (AvgIpc) is 2.69. The van der Waals surface area contributed by atoms with Crippen LogP contribution in [0.3, 0.4) is 0 Å². The van der Waals surface area contributed by atoms with Gasteiger partial charge >= 0.3 is 0 Å². The number of benzene rings is 1. The number of rotatable bonds is 5. The van der Waals surface area contributed by atoms with Crippen molar-refractivity contribution in [1.82, 2.24) is 10.3 Å². The van der Waals surface area contributed by atoms with Gasteiger partial charge in [0, 0.05) is 19.7 Å². The minimum absolute atomic E-state index is 0.358. The van der Waals surface area contributed by atoms with Crippen molar-refractivity contribution in [2.45, 2.75) is 19.5 Å². The van der Waals surface area contributed by atoms with Crippen LogP contribution < -0.4 is 5.32 Å². The molecule has 1 aromatic heterocycles. The van der Waals surface area contributed by atoms with Crippen LogP contribution in [0.1, 0.15) is 11.9 Å². The number of ether oxygens (including phenoxy) is 1. The molecule has 0 aliphatic heterocycles. The molecule has 0 amide bonds. The van der Waals surface area contributed by atoms with E-state index in [2.05, 4.69) is 23.3 Å². The fourth-order valence-electron chi connectivity index (χ4n) is 1.57. The topological polar surface area (TPSA) is 34.1 Å². The molecule has 1 heterocycles. The number of aromatic nitrogens is 1. The second kappa shape index (κ2) is 5.39. The SMILES string of the molecule is COCC(C)NCc1nc2ccccc2s1. The lowest BCUT2D eigenvalue weighted by molar-refractivity contribution is 0.171. The molecule has 0 fully saturated rings. The number of nitrogens with one attached hydrogen (secondary N) is 1. The molecule has 1 N–H and O–H groups in total. The van der Waals surface area contributed by atoms with Crippen molar-refractivity contribution < 1.29 is 4.74 Å². The Balaban J connectivity index is 1.99. The van der Waals surface area contributed by atoms with Crippen LogP contribution in [0.5, 0.6) is 0 Å². The molecule has 0 aliphatic carbocycles. The molecular formula is C12H16N2OS. The number of methoxy groups -OCH3 is 1. The van der Waals surface area contributed by atoms with Gasteiger partial charge in [0.25, 0.3) is 0 Å². The van der Waals surface area contributed by atoms with Gasteiger partial charge in [0.2, 0.25) is 0 Å². The molecule has 2 rings (SSSR count). The summed E-state index contributed by atoms with van der Waals surface area (Å²) >= 11 is 1.74. The van der Waals surface area contributed by atoms with E-state index in [0.717, 1.165) is 23.7 Å². The maximum absolute atomic E-state index is 5.07. The highest BCUT2D eigenvalue weighted by Crippen LogP contribution is 2.21. The van der Waals surface area contributed by atoms with Crippen molar-refractivity contribution >= 4 is 21.6 Å².